The fraction of sp³-hybridized carbons (Fsp3) is 1.00. The molecule has 0 aromatic rings. The van der Waals surface area contributed by atoms with Gasteiger partial charge in [-0.2, -0.15) is 0 Å². The maximum absolute atomic E-state index is 3.60. The van der Waals surface area contributed by atoms with Crippen LogP contribution in [-0.2, 0) is 0 Å². The van der Waals surface area contributed by atoms with Crippen molar-refractivity contribution >= 4 is 31.1 Å². The molecule has 0 nitrogen and oxygen atoms in total. The maximum Gasteiger partial charge on any atom is 0.468 e. The van der Waals surface area contributed by atoms with Crippen LogP contribution in [0.2, 0.25) is 4.55 Å². The van der Waals surface area contributed by atoms with Crippen LogP contribution < -0.4 is 0 Å². The molecule has 0 atom stereocenters. The Morgan fingerprint density at radius 2 is 2.00 bits per heavy atom. The van der Waals surface area contributed by atoms with Crippen molar-refractivity contribution in [2.24, 2.45) is 5.92 Å². The summed E-state index contributed by atoms with van der Waals surface area (Å²) in [6.45, 7) is 0. The molecule has 1 fully saturated rings. The normalized spacial score (nSPS) is 20.1. The van der Waals surface area contributed by atoms with Gasteiger partial charge in [0.2, 0.25) is 0 Å². The van der Waals surface area contributed by atoms with Gasteiger partial charge in [0.1, 0.15) is 0 Å². The van der Waals surface area contributed by atoms with Crippen LogP contribution in [0.15, 0.2) is 0 Å². The van der Waals surface area contributed by atoms with Gasteiger partial charge in [-0.05, 0) is 5.92 Å². The Kier molecular flexibility index (Phi) is 4.61. The summed E-state index contributed by atoms with van der Waals surface area (Å²) in [4.78, 5) is 0. The third kappa shape index (κ3) is 3.24. The van der Waals surface area contributed by atoms with Crippen molar-refractivity contribution in [1.82, 2.24) is 0 Å². The number of rotatable bonds is 3. The van der Waals surface area contributed by atoms with E-state index in [-0.39, 0.29) is 18.2 Å². The molecular weight excluding hydrogens is 188 g/mol. The van der Waals surface area contributed by atoms with Gasteiger partial charge < -0.3 is 12.9 Å². The van der Waals surface area contributed by atoms with Gasteiger partial charge in [0.25, 0.3) is 0 Å². The third-order valence-corrected chi connectivity index (χ3v) is 4.58. The molecule has 50 valence electrons. The third-order valence-electron chi connectivity index (χ3n) is 2.22. The van der Waals surface area contributed by atoms with Crippen LogP contribution in [0.3, 0.4) is 0 Å². The van der Waals surface area contributed by atoms with E-state index in [9.17, 15) is 0 Å². The maximum atomic E-state index is 3.60. The van der Waals surface area contributed by atoms with E-state index in [0.717, 1.165) is 5.92 Å². The van der Waals surface area contributed by atoms with Gasteiger partial charge >= 0.3 is 18.2 Å². The summed E-state index contributed by atoms with van der Waals surface area (Å²) in [5.74, 6) is 1.12. The SMILES string of the molecule is [Br][Mg][CH2]CC1CCCC1. The summed E-state index contributed by atoms with van der Waals surface area (Å²) < 4.78 is 1.52. The zero-order chi connectivity index (χ0) is 6.53. The van der Waals surface area contributed by atoms with Gasteiger partial charge in [-0.15, -0.1) is 4.55 Å². The highest BCUT2D eigenvalue weighted by Gasteiger charge is 2.13. The Hall–Kier alpha value is 1.25. The molecule has 1 aliphatic rings. The minimum absolute atomic E-state index is 0.193. The molecule has 0 aromatic heterocycles. The Balaban J connectivity index is 1.98. The van der Waals surface area contributed by atoms with E-state index in [0.29, 0.717) is 0 Å². The number of hydrogen-bond donors (Lipinski definition) is 0. The Morgan fingerprint density at radius 3 is 2.56 bits per heavy atom. The second kappa shape index (κ2) is 4.97. The second-order valence-electron chi connectivity index (χ2n) is 2.98. The van der Waals surface area contributed by atoms with E-state index in [1.165, 1.54) is 36.7 Å². The monoisotopic (exact) mass is 200 g/mol. The molecule has 0 spiro atoms. The van der Waals surface area contributed by atoms with Gasteiger partial charge in [0, 0.05) is 0 Å². The van der Waals surface area contributed by atoms with E-state index in [4.69, 9.17) is 0 Å². The summed E-state index contributed by atoms with van der Waals surface area (Å²) in [6.07, 6.45) is 7.60. The molecule has 0 amide bonds. The molecule has 0 unspecified atom stereocenters. The van der Waals surface area contributed by atoms with Gasteiger partial charge in [-0.25, -0.2) is 0 Å². The van der Waals surface area contributed by atoms with Gasteiger partial charge in [-0.1, -0.05) is 32.1 Å². The lowest BCUT2D eigenvalue weighted by Gasteiger charge is -2.04. The van der Waals surface area contributed by atoms with Gasteiger partial charge in [0.15, 0.2) is 0 Å². The average Bonchev–Trinajstić information content (AvgIpc) is 2.34. The molecule has 0 radical (unpaired) electrons. The minimum atomic E-state index is 0.193. The second-order valence-corrected chi connectivity index (χ2v) is 6.45. The zero-order valence-electron chi connectivity index (χ0n) is 5.91. The molecule has 2 heteroatoms. The fourth-order valence-electron chi connectivity index (χ4n) is 1.66. The van der Waals surface area contributed by atoms with Crippen LogP contribution in [0.1, 0.15) is 32.1 Å². The van der Waals surface area contributed by atoms with Gasteiger partial charge in [-0.3, -0.25) is 0 Å². The summed E-state index contributed by atoms with van der Waals surface area (Å²) in [7, 11) is 0. The highest BCUT2D eigenvalue weighted by atomic mass is 79.9. The molecule has 1 rings (SSSR count). The van der Waals surface area contributed by atoms with Crippen molar-refractivity contribution in [3.8, 4) is 0 Å². The standard InChI is InChI=1S/C7H13.BrH.Mg/c1-2-7-5-3-4-6-7;;/h7H,1-6H2;1H;/q;;+1/p-1. The van der Waals surface area contributed by atoms with Crippen molar-refractivity contribution in [3.05, 3.63) is 0 Å². The topological polar surface area (TPSA) is 0 Å². The van der Waals surface area contributed by atoms with Crippen molar-refractivity contribution in [1.29, 1.82) is 0 Å². The highest BCUT2D eigenvalue weighted by molar-refractivity contribution is 9.23. The smallest absolute Gasteiger partial charge is 0.307 e. The summed E-state index contributed by atoms with van der Waals surface area (Å²) >= 11 is 3.79. The van der Waals surface area contributed by atoms with Crippen LogP contribution in [-0.4, -0.2) is 18.2 Å². The first-order valence-corrected chi connectivity index (χ1v) is 8.89. The predicted molar refractivity (Wildman–Crippen MR) is 46.1 cm³/mol. The molecule has 1 saturated carbocycles. The molecule has 0 bridgehead atoms. The minimum Gasteiger partial charge on any atom is -0.307 e. The lowest BCUT2D eigenvalue weighted by Crippen LogP contribution is -1.92. The summed E-state index contributed by atoms with van der Waals surface area (Å²) in [6, 6.07) is 0. The Labute approximate surface area is 73.4 Å². The molecule has 0 aliphatic heterocycles. The quantitative estimate of drug-likeness (QED) is 0.616. The van der Waals surface area contributed by atoms with Crippen LogP contribution in [0.5, 0.6) is 0 Å². The molecule has 0 N–H and O–H groups in total. The van der Waals surface area contributed by atoms with Crippen LogP contribution in [0.25, 0.3) is 0 Å². The van der Waals surface area contributed by atoms with Crippen molar-refractivity contribution in [3.63, 3.8) is 0 Å². The Morgan fingerprint density at radius 1 is 1.33 bits per heavy atom. The number of halogens is 1. The fourth-order valence-corrected chi connectivity index (χ4v) is 3.37. The first-order chi connectivity index (χ1) is 4.43. The lowest BCUT2D eigenvalue weighted by atomic mass is 10.1. The molecule has 0 aromatic carbocycles. The largest absolute Gasteiger partial charge is 0.468 e. The van der Waals surface area contributed by atoms with E-state index in [1.807, 2.05) is 0 Å². The molecule has 9 heavy (non-hydrogen) atoms. The molecular formula is C7H13BrMg. The predicted octanol–water partition coefficient (Wildman–Crippen LogP) is 3.00. The zero-order valence-corrected chi connectivity index (χ0v) is 8.91. The summed E-state index contributed by atoms with van der Waals surface area (Å²) in [5, 5.41) is 0. The first-order valence-electron chi connectivity index (χ1n) is 3.99. The van der Waals surface area contributed by atoms with Crippen molar-refractivity contribution in [2.45, 2.75) is 36.7 Å². The van der Waals surface area contributed by atoms with Crippen molar-refractivity contribution in [2.75, 3.05) is 0 Å². The van der Waals surface area contributed by atoms with E-state index in [1.54, 1.807) is 0 Å². The Bertz CT molecular complexity index is 69.3. The molecule has 1 aliphatic carbocycles. The van der Waals surface area contributed by atoms with E-state index in [2.05, 4.69) is 12.9 Å². The van der Waals surface area contributed by atoms with Crippen LogP contribution >= 0.6 is 12.9 Å². The lowest BCUT2D eigenvalue weighted by molar-refractivity contribution is 0.530. The highest BCUT2D eigenvalue weighted by Crippen LogP contribution is 2.28. The average molecular weight is 201 g/mol. The van der Waals surface area contributed by atoms with Crippen LogP contribution in [0, 0.1) is 5.92 Å². The summed E-state index contributed by atoms with van der Waals surface area (Å²) in [5.41, 5.74) is 0. The first kappa shape index (κ1) is 8.34. The van der Waals surface area contributed by atoms with E-state index >= 15 is 0 Å². The van der Waals surface area contributed by atoms with Crippen molar-refractivity contribution < 1.29 is 0 Å². The van der Waals surface area contributed by atoms with Crippen LogP contribution in [0.4, 0.5) is 0 Å². The van der Waals surface area contributed by atoms with E-state index < -0.39 is 0 Å². The molecule has 0 heterocycles. The number of hydrogen-bond acceptors (Lipinski definition) is 0. The van der Waals surface area contributed by atoms with Gasteiger partial charge in [0.05, 0.1) is 0 Å². The molecule has 0 saturated heterocycles.